The van der Waals surface area contributed by atoms with Crippen LogP contribution in [0.15, 0.2) is 60.5 Å². The van der Waals surface area contributed by atoms with Crippen LogP contribution in [0.25, 0.3) is 43.9 Å². The van der Waals surface area contributed by atoms with E-state index in [0.717, 1.165) is 38.5 Å². The van der Waals surface area contributed by atoms with Crippen molar-refractivity contribution in [2.45, 2.75) is 44.9 Å². The zero-order valence-electron chi connectivity index (χ0n) is 28.8. The van der Waals surface area contributed by atoms with Crippen LogP contribution in [-0.2, 0) is 22.6 Å². The number of pyridine rings is 1. The number of aromatic nitrogens is 3. The van der Waals surface area contributed by atoms with Gasteiger partial charge in [0.1, 0.15) is 28.8 Å². The molecule has 7 rings (SSSR count). The Balaban J connectivity index is 1.45. The van der Waals surface area contributed by atoms with E-state index in [2.05, 4.69) is 23.6 Å². The van der Waals surface area contributed by atoms with Crippen LogP contribution in [0.5, 0.6) is 5.75 Å². The Morgan fingerprint density at radius 3 is 2.56 bits per heavy atom. The summed E-state index contributed by atoms with van der Waals surface area (Å²) in [4.78, 5) is 36.4. The van der Waals surface area contributed by atoms with E-state index >= 15 is 4.39 Å². The highest BCUT2D eigenvalue weighted by atomic mass is 32.1. The fourth-order valence-corrected chi connectivity index (χ4v) is 8.27. The third-order valence-corrected chi connectivity index (χ3v) is 10.8. The van der Waals surface area contributed by atoms with Crippen LogP contribution in [-0.4, -0.2) is 82.1 Å². The summed E-state index contributed by atoms with van der Waals surface area (Å²) in [6.07, 6.45) is 1.91. The molecule has 0 aliphatic carbocycles. The van der Waals surface area contributed by atoms with E-state index in [0.29, 0.717) is 42.2 Å². The minimum Gasteiger partial charge on any atom is -0.496 e. The van der Waals surface area contributed by atoms with Gasteiger partial charge in [-0.1, -0.05) is 18.7 Å². The number of thiophene rings is 1. The first kappa shape index (κ1) is 33.6. The maximum Gasteiger partial charge on any atom is 0.246 e. The van der Waals surface area contributed by atoms with Gasteiger partial charge < -0.3 is 14.5 Å². The van der Waals surface area contributed by atoms with Crippen molar-refractivity contribution in [3.8, 4) is 39.5 Å². The number of amides is 2. The van der Waals surface area contributed by atoms with Crippen LogP contribution < -0.4 is 4.74 Å². The fraction of sp³-hybridized carbons (Fsp3) is 0.316. The molecule has 12 heteroatoms. The number of nitrogens with zero attached hydrogens (tertiary/aromatic N) is 6. The van der Waals surface area contributed by atoms with Gasteiger partial charge in [0.15, 0.2) is 0 Å². The van der Waals surface area contributed by atoms with Crippen LogP contribution in [0.1, 0.15) is 42.8 Å². The number of halogens is 2. The summed E-state index contributed by atoms with van der Waals surface area (Å²) in [7, 11) is 6.89. The van der Waals surface area contributed by atoms with Gasteiger partial charge in [-0.05, 0) is 68.1 Å². The lowest BCUT2D eigenvalue weighted by Gasteiger charge is -2.36. The Hall–Kier alpha value is -4.94. The lowest BCUT2D eigenvalue weighted by atomic mass is 9.90. The smallest absolute Gasteiger partial charge is 0.246 e. The molecule has 0 radical (unpaired) electrons. The first-order valence-corrected chi connectivity index (χ1v) is 17.3. The molecule has 2 aliphatic rings. The number of hydrogen-bond donors (Lipinski definition) is 0. The van der Waals surface area contributed by atoms with Gasteiger partial charge in [-0.2, -0.15) is 5.10 Å². The molecule has 5 aromatic rings. The summed E-state index contributed by atoms with van der Waals surface area (Å²) >= 11 is 1.43. The summed E-state index contributed by atoms with van der Waals surface area (Å²) in [5.41, 5.74) is 6.01. The number of carbonyl (C=O) groups excluding carboxylic acids is 2. The number of methoxy groups -OCH3 is 1. The molecule has 0 N–H and O–H groups in total. The monoisotopic (exact) mass is 696 g/mol. The molecule has 9 nitrogen and oxygen atoms in total. The van der Waals surface area contributed by atoms with E-state index in [1.54, 1.807) is 23.9 Å². The number of benzene rings is 2. The maximum atomic E-state index is 16.0. The van der Waals surface area contributed by atoms with Crippen LogP contribution in [0, 0.1) is 11.6 Å². The molecule has 0 fully saturated rings. The third kappa shape index (κ3) is 5.47. The lowest BCUT2D eigenvalue weighted by Crippen LogP contribution is -2.48. The van der Waals surface area contributed by atoms with E-state index in [4.69, 9.17) is 14.8 Å². The van der Waals surface area contributed by atoms with Crippen molar-refractivity contribution >= 4 is 33.2 Å². The molecule has 3 aromatic heterocycles. The van der Waals surface area contributed by atoms with Gasteiger partial charge >= 0.3 is 0 Å². The third-order valence-electron chi connectivity index (χ3n) is 9.91. The molecule has 2 amide bonds. The van der Waals surface area contributed by atoms with E-state index in [-0.39, 0.29) is 41.3 Å². The number of rotatable bonds is 6. The molecule has 2 aromatic carbocycles. The maximum absolute atomic E-state index is 16.0. The Morgan fingerprint density at radius 1 is 1.06 bits per heavy atom. The number of ether oxygens (including phenoxy) is 1. The molecular weight excluding hydrogens is 659 g/mol. The minimum atomic E-state index is -0.778. The van der Waals surface area contributed by atoms with Gasteiger partial charge in [0.05, 0.1) is 42.2 Å². The topological polar surface area (TPSA) is 83.8 Å². The SMILES string of the molecule is C=CC(=O)N1C[C@H](C)n2nc(-c3nc(-c4ccc5c(c4)CN(C)[C@@H](C(=O)N(C)C)C5)c4ccsc4c3-c3c(F)cc(F)cc3OC)cc2[C@H]1C. The Morgan fingerprint density at radius 2 is 1.84 bits per heavy atom. The van der Waals surface area contributed by atoms with Gasteiger partial charge in [-0.3, -0.25) is 19.2 Å². The summed E-state index contributed by atoms with van der Waals surface area (Å²) < 4.78 is 38.7. The number of carbonyl (C=O) groups is 2. The second-order valence-electron chi connectivity index (χ2n) is 13.3. The Bertz CT molecular complexity index is 2190. The summed E-state index contributed by atoms with van der Waals surface area (Å²) in [5.74, 6) is -1.60. The average Bonchev–Trinajstić information content (AvgIpc) is 3.77. The largest absolute Gasteiger partial charge is 0.496 e. The Labute approximate surface area is 293 Å². The highest BCUT2D eigenvalue weighted by molar-refractivity contribution is 7.18. The second kappa shape index (κ2) is 12.7. The van der Waals surface area contributed by atoms with Crippen molar-refractivity contribution in [1.82, 2.24) is 29.5 Å². The number of likely N-dealkylation sites (N-methyl/N-ethyl adjacent to an activating group) is 2. The molecule has 0 saturated carbocycles. The van der Waals surface area contributed by atoms with Crippen molar-refractivity contribution in [3.05, 3.63) is 89.0 Å². The van der Waals surface area contributed by atoms with Gasteiger partial charge in [-0.15, -0.1) is 11.3 Å². The average molecular weight is 697 g/mol. The molecule has 3 atom stereocenters. The molecule has 0 spiro atoms. The molecule has 258 valence electrons. The van der Waals surface area contributed by atoms with Crippen molar-refractivity contribution in [2.24, 2.45) is 0 Å². The molecule has 5 heterocycles. The highest BCUT2D eigenvalue weighted by Crippen LogP contribution is 2.48. The van der Waals surface area contributed by atoms with Crippen LogP contribution in [0.2, 0.25) is 0 Å². The molecule has 0 unspecified atom stereocenters. The summed E-state index contributed by atoms with van der Waals surface area (Å²) in [6, 6.07) is 11.4. The Kier molecular flexibility index (Phi) is 8.55. The second-order valence-corrected chi connectivity index (χ2v) is 14.2. The van der Waals surface area contributed by atoms with Crippen molar-refractivity contribution in [2.75, 3.05) is 34.8 Å². The molecule has 50 heavy (non-hydrogen) atoms. The standard InChI is InChI=1S/C38H38F2N6O3S/c1-8-32(47)45-18-20(2)46-29(21(45)3)17-28(42-46)36-34(33-27(40)15-25(39)16-31(33)49-7)37-26(11-12-50-37)35(41-36)23-10-9-22-14-30(38(48)43(4)5)44(6)19-24(22)13-23/h8-13,15-17,20-21,30H,1,14,18-19H2,2-7H3/t20-,21+,30+/m0/s1. The van der Waals surface area contributed by atoms with Crippen molar-refractivity contribution in [3.63, 3.8) is 0 Å². The van der Waals surface area contributed by atoms with Crippen LogP contribution >= 0.6 is 11.3 Å². The minimum absolute atomic E-state index is 0.0418. The predicted octanol–water partition coefficient (Wildman–Crippen LogP) is 6.88. The highest BCUT2D eigenvalue weighted by Gasteiger charge is 2.35. The zero-order chi connectivity index (χ0) is 35.6. The van der Waals surface area contributed by atoms with E-state index in [9.17, 15) is 14.0 Å². The van der Waals surface area contributed by atoms with E-state index in [1.165, 1.54) is 30.6 Å². The van der Waals surface area contributed by atoms with Crippen molar-refractivity contribution < 1.29 is 23.1 Å². The van der Waals surface area contributed by atoms with Crippen LogP contribution in [0.3, 0.4) is 0 Å². The lowest BCUT2D eigenvalue weighted by molar-refractivity contribution is -0.134. The molecule has 0 bridgehead atoms. The van der Waals surface area contributed by atoms with Gasteiger partial charge in [0.2, 0.25) is 11.8 Å². The fourth-order valence-electron chi connectivity index (χ4n) is 7.32. The zero-order valence-corrected chi connectivity index (χ0v) is 29.6. The quantitative estimate of drug-likeness (QED) is 0.180. The summed E-state index contributed by atoms with van der Waals surface area (Å²) in [6.45, 7) is 8.64. The molecule has 2 aliphatic heterocycles. The number of fused-ring (bicyclic) bond motifs is 3. The van der Waals surface area contributed by atoms with Crippen LogP contribution in [0.4, 0.5) is 8.78 Å². The van der Waals surface area contributed by atoms with Gasteiger partial charge in [0.25, 0.3) is 0 Å². The predicted molar refractivity (Wildman–Crippen MR) is 191 cm³/mol. The molecule has 0 saturated heterocycles. The van der Waals surface area contributed by atoms with Crippen molar-refractivity contribution in [1.29, 1.82) is 0 Å². The van der Waals surface area contributed by atoms with E-state index < -0.39 is 11.6 Å². The first-order valence-electron chi connectivity index (χ1n) is 16.4. The van der Waals surface area contributed by atoms with Gasteiger partial charge in [-0.25, -0.2) is 13.8 Å². The first-order chi connectivity index (χ1) is 23.9. The van der Waals surface area contributed by atoms with Gasteiger partial charge in [0, 0.05) is 60.5 Å². The van der Waals surface area contributed by atoms with E-state index in [1.807, 2.05) is 49.2 Å². The normalized spacial score (nSPS) is 18.9. The number of hydrogen-bond acceptors (Lipinski definition) is 7. The summed E-state index contributed by atoms with van der Waals surface area (Å²) in [5, 5.41) is 7.76. The molecular formula is C38H38F2N6O3S.